The van der Waals surface area contributed by atoms with Gasteiger partial charge in [0.25, 0.3) is 0 Å². The lowest BCUT2D eigenvalue weighted by Crippen LogP contribution is -2.46. The van der Waals surface area contributed by atoms with Crippen molar-refractivity contribution in [2.24, 2.45) is 0 Å². The summed E-state index contributed by atoms with van der Waals surface area (Å²) in [5, 5.41) is 9.20. The molecule has 0 amide bonds. The molecule has 0 aromatic heterocycles. The molecule has 104 valence electrons. The quantitative estimate of drug-likeness (QED) is 0.930. The second-order valence-corrected chi connectivity index (χ2v) is 4.99. The van der Waals surface area contributed by atoms with Crippen LogP contribution in [0.1, 0.15) is 11.1 Å². The fraction of sp³-hybridized carbons (Fsp3) is 0.294. The van der Waals surface area contributed by atoms with Gasteiger partial charge in [-0.15, -0.1) is 0 Å². The zero-order valence-electron chi connectivity index (χ0n) is 11.2. The molecular weight excluding hydrogens is 252 g/mol. The summed E-state index contributed by atoms with van der Waals surface area (Å²) >= 11 is 0. The van der Waals surface area contributed by atoms with E-state index in [1.54, 1.807) is 0 Å². The molecule has 0 unspecified atom stereocenters. The average Bonchev–Trinajstić information content (AvgIpc) is 2.56. The van der Waals surface area contributed by atoms with E-state index in [9.17, 15) is 5.11 Å². The van der Waals surface area contributed by atoms with Crippen LogP contribution < -0.4 is 0 Å². The molecular formula is C17H18O3. The third kappa shape index (κ3) is 2.36. The van der Waals surface area contributed by atoms with Crippen LogP contribution in [0.2, 0.25) is 0 Å². The van der Waals surface area contributed by atoms with Gasteiger partial charge in [0.15, 0.2) is 0 Å². The fourth-order valence-corrected chi connectivity index (χ4v) is 2.58. The molecule has 2 aromatic carbocycles. The Hall–Kier alpha value is -1.68. The molecule has 1 heterocycles. The Labute approximate surface area is 118 Å². The standard InChI is InChI=1S/C17H18O3/c18-11-16-12-20-17(13-19-16,14-7-3-1-4-8-14)15-9-5-2-6-10-15/h1-10,16,18H,11-13H2/t16-/m0/s1. The monoisotopic (exact) mass is 270 g/mol. The van der Waals surface area contributed by atoms with Gasteiger partial charge in [0, 0.05) is 0 Å². The van der Waals surface area contributed by atoms with Crippen molar-refractivity contribution in [2.75, 3.05) is 19.8 Å². The van der Waals surface area contributed by atoms with Crippen molar-refractivity contribution in [3.63, 3.8) is 0 Å². The molecule has 2 aromatic rings. The highest BCUT2D eigenvalue weighted by Crippen LogP contribution is 2.36. The number of hydrogen-bond donors (Lipinski definition) is 1. The van der Waals surface area contributed by atoms with E-state index in [1.165, 1.54) is 0 Å². The lowest BCUT2D eigenvalue weighted by molar-refractivity contribution is -0.185. The number of benzene rings is 2. The molecule has 0 saturated carbocycles. The van der Waals surface area contributed by atoms with Gasteiger partial charge < -0.3 is 14.6 Å². The molecule has 20 heavy (non-hydrogen) atoms. The van der Waals surface area contributed by atoms with Crippen molar-refractivity contribution < 1.29 is 14.6 Å². The molecule has 0 radical (unpaired) electrons. The minimum absolute atomic E-state index is 0.0142. The summed E-state index contributed by atoms with van der Waals surface area (Å²) in [4.78, 5) is 0. The van der Waals surface area contributed by atoms with Gasteiger partial charge >= 0.3 is 0 Å². The molecule has 3 heteroatoms. The first kappa shape index (κ1) is 13.3. The van der Waals surface area contributed by atoms with Crippen molar-refractivity contribution >= 4 is 0 Å². The largest absolute Gasteiger partial charge is 0.394 e. The van der Waals surface area contributed by atoms with Crippen molar-refractivity contribution in [3.8, 4) is 0 Å². The van der Waals surface area contributed by atoms with Crippen LogP contribution >= 0.6 is 0 Å². The van der Waals surface area contributed by atoms with Crippen LogP contribution in [0.4, 0.5) is 0 Å². The van der Waals surface area contributed by atoms with Gasteiger partial charge in [-0.1, -0.05) is 60.7 Å². The van der Waals surface area contributed by atoms with E-state index in [1.807, 2.05) is 36.4 Å². The summed E-state index contributed by atoms with van der Waals surface area (Å²) in [6.45, 7) is 0.784. The summed E-state index contributed by atoms with van der Waals surface area (Å²) in [5.41, 5.74) is 1.55. The van der Waals surface area contributed by atoms with Gasteiger partial charge in [0.1, 0.15) is 11.7 Å². The molecule has 0 aliphatic carbocycles. The second-order valence-electron chi connectivity index (χ2n) is 4.99. The summed E-state index contributed by atoms with van der Waals surface area (Å²) in [7, 11) is 0. The normalized spacial score (nSPS) is 21.6. The van der Waals surface area contributed by atoms with Crippen LogP contribution in [-0.2, 0) is 15.1 Å². The first-order valence-electron chi connectivity index (χ1n) is 6.82. The molecule has 3 rings (SSSR count). The van der Waals surface area contributed by atoms with Gasteiger partial charge in [-0.3, -0.25) is 0 Å². The van der Waals surface area contributed by atoms with Gasteiger partial charge in [0.2, 0.25) is 0 Å². The predicted octanol–water partition coefficient (Wildman–Crippen LogP) is 2.34. The zero-order chi connectivity index (χ0) is 13.8. The number of aliphatic hydroxyl groups excluding tert-OH is 1. The van der Waals surface area contributed by atoms with Gasteiger partial charge in [0.05, 0.1) is 19.8 Å². The molecule has 1 N–H and O–H groups in total. The summed E-state index contributed by atoms with van der Waals surface area (Å²) in [6, 6.07) is 20.2. The topological polar surface area (TPSA) is 38.7 Å². The van der Waals surface area contributed by atoms with Crippen LogP contribution in [0.5, 0.6) is 0 Å². The Morgan fingerprint density at radius 3 is 1.90 bits per heavy atom. The minimum Gasteiger partial charge on any atom is -0.394 e. The van der Waals surface area contributed by atoms with Crippen molar-refractivity contribution in [1.29, 1.82) is 0 Å². The molecule has 1 fully saturated rings. The molecule has 1 atom stereocenters. The minimum atomic E-state index is -0.589. The molecule has 1 aliphatic heterocycles. The van der Waals surface area contributed by atoms with Gasteiger partial charge in [-0.05, 0) is 11.1 Å². The molecule has 3 nitrogen and oxygen atoms in total. The summed E-state index contributed by atoms with van der Waals surface area (Å²) in [6.07, 6.45) is -0.240. The third-order valence-corrected chi connectivity index (χ3v) is 3.72. The van der Waals surface area contributed by atoms with E-state index >= 15 is 0 Å². The predicted molar refractivity (Wildman–Crippen MR) is 76.4 cm³/mol. The Morgan fingerprint density at radius 1 is 0.950 bits per heavy atom. The van der Waals surface area contributed by atoms with E-state index in [0.29, 0.717) is 13.2 Å². The zero-order valence-corrected chi connectivity index (χ0v) is 11.2. The maximum Gasteiger partial charge on any atom is 0.141 e. The molecule has 1 saturated heterocycles. The number of ether oxygens (including phenoxy) is 2. The highest BCUT2D eigenvalue weighted by molar-refractivity contribution is 5.37. The molecule has 0 bridgehead atoms. The van der Waals surface area contributed by atoms with Crippen LogP contribution in [0, 0.1) is 0 Å². The maximum absolute atomic E-state index is 9.20. The lowest BCUT2D eigenvalue weighted by Gasteiger charge is -2.40. The lowest BCUT2D eigenvalue weighted by atomic mass is 9.86. The first-order valence-corrected chi connectivity index (χ1v) is 6.82. The summed E-state index contributed by atoms with van der Waals surface area (Å²) < 4.78 is 11.9. The Kier molecular flexibility index (Phi) is 3.83. The Morgan fingerprint density at radius 2 is 1.50 bits per heavy atom. The van der Waals surface area contributed by atoms with Crippen molar-refractivity contribution in [3.05, 3.63) is 71.8 Å². The van der Waals surface area contributed by atoms with E-state index in [2.05, 4.69) is 24.3 Å². The van der Waals surface area contributed by atoms with Crippen LogP contribution in [0.15, 0.2) is 60.7 Å². The van der Waals surface area contributed by atoms with Crippen molar-refractivity contribution in [2.45, 2.75) is 11.7 Å². The van der Waals surface area contributed by atoms with Crippen molar-refractivity contribution in [1.82, 2.24) is 0 Å². The summed E-state index contributed by atoms with van der Waals surface area (Å²) in [5.74, 6) is 0. The van der Waals surface area contributed by atoms with E-state index < -0.39 is 5.60 Å². The van der Waals surface area contributed by atoms with Gasteiger partial charge in [-0.2, -0.15) is 0 Å². The fourth-order valence-electron chi connectivity index (χ4n) is 2.58. The maximum atomic E-state index is 9.20. The van der Waals surface area contributed by atoms with Crippen LogP contribution in [0.25, 0.3) is 0 Å². The van der Waals surface area contributed by atoms with Crippen LogP contribution in [0.3, 0.4) is 0 Å². The number of hydrogen-bond acceptors (Lipinski definition) is 3. The number of rotatable bonds is 3. The van der Waals surface area contributed by atoms with Gasteiger partial charge in [-0.25, -0.2) is 0 Å². The van der Waals surface area contributed by atoms with Crippen LogP contribution in [-0.4, -0.2) is 31.0 Å². The SMILES string of the molecule is OC[C@H]1COC(c2ccccc2)(c2ccccc2)CO1. The van der Waals surface area contributed by atoms with E-state index in [0.717, 1.165) is 11.1 Å². The smallest absolute Gasteiger partial charge is 0.141 e. The molecule has 1 aliphatic rings. The Bertz CT molecular complexity index is 489. The first-order chi connectivity index (χ1) is 9.85. The molecule has 0 spiro atoms. The average molecular weight is 270 g/mol. The van der Waals surface area contributed by atoms with E-state index in [4.69, 9.17) is 9.47 Å². The highest BCUT2D eigenvalue weighted by atomic mass is 16.6. The third-order valence-electron chi connectivity index (χ3n) is 3.72. The second kappa shape index (κ2) is 5.75. The number of aliphatic hydroxyl groups is 1. The van der Waals surface area contributed by atoms with E-state index in [-0.39, 0.29) is 12.7 Å². The highest BCUT2D eigenvalue weighted by Gasteiger charge is 2.40. The Balaban J connectivity index is 2.01.